The molecule has 2 saturated heterocycles. The SMILES string of the molecule is O=C(CN1CCN(CC2CCCCC2)CC1)Nc1cccc(S(=O)(=O)N2CCOCC2)c1. The zero-order valence-electron chi connectivity index (χ0n) is 18.9. The molecular formula is C23H36N4O4S. The second kappa shape index (κ2) is 11.1. The maximum absolute atomic E-state index is 12.9. The van der Waals surface area contributed by atoms with Crippen LogP contribution in [-0.2, 0) is 19.6 Å². The summed E-state index contributed by atoms with van der Waals surface area (Å²) in [4.78, 5) is 17.5. The molecule has 0 atom stereocenters. The summed E-state index contributed by atoms with van der Waals surface area (Å²) >= 11 is 0. The first-order valence-electron chi connectivity index (χ1n) is 11.9. The second-order valence-corrected chi connectivity index (χ2v) is 11.1. The Kier molecular flexibility index (Phi) is 8.17. The third kappa shape index (κ3) is 6.29. The average Bonchev–Trinajstić information content (AvgIpc) is 2.82. The van der Waals surface area contributed by atoms with Crippen molar-refractivity contribution in [3.05, 3.63) is 24.3 Å². The van der Waals surface area contributed by atoms with Crippen molar-refractivity contribution in [2.75, 3.05) is 70.9 Å². The molecule has 0 radical (unpaired) electrons. The zero-order valence-corrected chi connectivity index (χ0v) is 19.7. The van der Waals surface area contributed by atoms with E-state index in [1.165, 1.54) is 43.0 Å². The first-order valence-corrected chi connectivity index (χ1v) is 13.4. The Morgan fingerprint density at radius 3 is 2.38 bits per heavy atom. The predicted octanol–water partition coefficient (Wildman–Crippen LogP) is 1.84. The van der Waals surface area contributed by atoms with Crippen molar-refractivity contribution in [1.82, 2.24) is 14.1 Å². The Morgan fingerprint density at radius 2 is 1.66 bits per heavy atom. The summed E-state index contributed by atoms with van der Waals surface area (Å²) in [5.41, 5.74) is 0.514. The first kappa shape index (κ1) is 23.6. The number of anilines is 1. The van der Waals surface area contributed by atoms with Gasteiger partial charge in [0.25, 0.3) is 0 Å². The molecule has 0 bridgehead atoms. The van der Waals surface area contributed by atoms with E-state index in [1.807, 2.05) is 0 Å². The van der Waals surface area contributed by atoms with Crippen molar-refractivity contribution in [1.29, 1.82) is 0 Å². The average molecular weight is 465 g/mol. The Hall–Kier alpha value is -1.52. The van der Waals surface area contributed by atoms with E-state index in [2.05, 4.69) is 15.1 Å². The van der Waals surface area contributed by atoms with Gasteiger partial charge in [-0.1, -0.05) is 25.3 Å². The van der Waals surface area contributed by atoms with Crippen LogP contribution in [0.15, 0.2) is 29.2 Å². The van der Waals surface area contributed by atoms with Crippen LogP contribution in [0.4, 0.5) is 5.69 Å². The minimum Gasteiger partial charge on any atom is -0.379 e. The van der Waals surface area contributed by atoms with Crippen LogP contribution in [0.3, 0.4) is 0 Å². The third-order valence-corrected chi connectivity index (χ3v) is 8.69. The summed E-state index contributed by atoms with van der Waals surface area (Å²) in [5, 5.41) is 2.88. The molecular weight excluding hydrogens is 428 g/mol. The van der Waals surface area contributed by atoms with E-state index in [0.717, 1.165) is 32.1 Å². The number of morpholine rings is 1. The van der Waals surface area contributed by atoms with Gasteiger partial charge >= 0.3 is 0 Å². The smallest absolute Gasteiger partial charge is 0.243 e. The highest BCUT2D eigenvalue weighted by Gasteiger charge is 2.27. The number of hydrogen-bond donors (Lipinski definition) is 1. The summed E-state index contributed by atoms with van der Waals surface area (Å²) < 4.78 is 32.4. The van der Waals surface area contributed by atoms with Gasteiger partial charge < -0.3 is 15.0 Å². The molecule has 0 aromatic heterocycles. The van der Waals surface area contributed by atoms with Gasteiger partial charge in [-0.15, -0.1) is 0 Å². The maximum Gasteiger partial charge on any atom is 0.243 e. The molecule has 0 spiro atoms. The number of sulfonamides is 1. The van der Waals surface area contributed by atoms with E-state index in [0.29, 0.717) is 38.5 Å². The number of carbonyl (C=O) groups excluding carboxylic acids is 1. The van der Waals surface area contributed by atoms with Gasteiger partial charge in [-0.25, -0.2) is 8.42 Å². The van der Waals surface area contributed by atoms with Gasteiger partial charge in [-0.05, 0) is 37.0 Å². The van der Waals surface area contributed by atoms with E-state index in [1.54, 1.807) is 24.3 Å². The van der Waals surface area contributed by atoms with Crippen molar-refractivity contribution in [3.8, 4) is 0 Å². The van der Waals surface area contributed by atoms with Crippen LogP contribution in [0, 0.1) is 5.92 Å². The van der Waals surface area contributed by atoms with Gasteiger partial charge in [-0.2, -0.15) is 4.31 Å². The fourth-order valence-corrected chi connectivity index (χ4v) is 6.39. The number of benzene rings is 1. The molecule has 178 valence electrons. The molecule has 2 aliphatic heterocycles. The van der Waals surface area contributed by atoms with Crippen LogP contribution >= 0.6 is 0 Å². The molecule has 3 aliphatic rings. The molecule has 2 heterocycles. The van der Waals surface area contributed by atoms with Crippen molar-refractivity contribution in [2.24, 2.45) is 5.92 Å². The second-order valence-electron chi connectivity index (χ2n) is 9.17. The van der Waals surface area contributed by atoms with Gasteiger partial charge in [0, 0.05) is 51.5 Å². The van der Waals surface area contributed by atoms with Crippen LogP contribution in [0.5, 0.6) is 0 Å². The molecule has 1 N–H and O–H groups in total. The number of hydrogen-bond acceptors (Lipinski definition) is 6. The largest absolute Gasteiger partial charge is 0.379 e. The van der Waals surface area contributed by atoms with Crippen LogP contribution < -0.4 is 5.32 Å². The summed E-state index contributed by atoms with van der Waals surface area (Å²) in [6.45, 7) is 6.86. The van der Waals surface area contributed by atoms with Crippen molar-refractivity contribution in [3.63, 3.8) is 0 Å². The summed E-state index contributed by atoms with van der Waals surface area (Å²) in [6, 6.07) is 6.53. The Balaban J connectivity index is 1.25. The highest BCUT2D eigenvalue weighted by molar-refractivity contribution is 7.89. The van der Waals surface area contributed by atoms with Crippen LogP contribution in [0.1, 0.15) is 32.1 Å². The highest BCUT2D eigenvalue weighted by Crippen LogP contribution is 2.25. The predicted molar refractivity (Wildman–Crippen MR) is 124 cm³/mol. The zero-order chi connectivity index (χ0) is 22.4. The molecule has 1 saturated carbocycles. The van der Waals surface area contributed by atoms with Gasteiger partial charge in [0.1, 0.15) is 0 Å². The van der Waals surface area contributed by atoms with Crippen molar-refractivity contribution in [2.45, 2.75) is 37.0 Å². The lowest BCUT2D eigenvalue weighted by Gasteiger charge is -2.37. The molecule has 1 amide bonds. The number of rotatable bonds is 7. The lowest BCUT2D eigenvalue weighted by Crippen LogP contribution is -2.49. The molecule has 1 aromatic rings. The Bertz CT molecular complexity index is 859. The van der Waals surface area contributed by atoms with Gasteiger partial charge in [0.2, 0.25) is 15.9 Å². The van der Waals surface area contributed by atoms with E-state index in [4.69, 9.17) is 4.74 Å². The fourth-order valence-electron chi connectivity index (χ4n) is 4.94. The molecule has 32 heavy (non-hydrogen) atoms. The summed E-state index contributed by atoms with van der Waals surface area (Å²) in [5.74, 6) is 0.742. The fraction of sp³-hybridized carbons (Fsp3) is 0.696. The number of nitrogens with zero attached hydrogens (tertiary/aromatic N) is 3. The monoisotopic (exact) mass is 464 g/mol. The molecule has 1 aromatic carbocycles. The van der Waals surface area contributed by atoms with E-state index in [-0.39, 0.29) is 10.8 Å². The standard InChI is InChI=1S/C23H36N4O4S/c28-23(19-26-11-9-25(10-12-26)18-20-5-2-1-3-6-20)24-21-7-4-8-22(17-21)32(29,30)27-13-15-31-16-14-27/h4,7-8,17,20H,1-3,5-6,9-16,18-19H2,(H,24,28). The van der Waals surface area contributed by atoms with E-state index < -0.39 is 10.0 Å². The van der Waals surface area contributed by atoms with Gasteiger partial charge in [0.15, 0.2) is 0 Å². The number of piperazine rings is 1. The Labute approximate surface area is 191 Å². The molecule has 9 heteroatoms. The molecule has 1 aliphatic carbocycles. The van der Waals surface area contributed by atoms with Gasteiger partial charge in [-0.3, -0.25) is 9.69 Å². The molecule has 8 nitrogen and oxygen atoms in total. The van der Waals surface area contributed by atoms with Crippen molar-refractivity contribution >= 4 is 21.6 Å². The summed E-state index contributed by atoms with van der Waals surface area (Å²) in [7, 11) is -3.58. The van der Waals surface area contributed by atoms with E-state index in [9.17, 15) is 13.2 Å². The molecule has 3 fully saturated rings. The normalized spacial score (nSPS) is 22.6. The molecule has 4 rings (SSSR count). The summed E-state index contributed by atoms with van der Waals surface area (Å²) in [6.07, 6.45) is 6.87. The first-order chi connectivity index (χ1) is 15.5. The topological polar surface area (TPSA) is 82.2 Å². The minimum atomic E-state index is -3.58. The quantitative estimate of drug-likeness (QED) is 0.663. The number of carbonyl (C=O) groups is 1. The number of amides is 1. The number of ether oxygens (including phenoxy) is 1. The Morgan fingerprint density at radius 1 is 0.969 bits per heavy atom. The maximum atomic E-state index is 12.9. The highest BCUT2D eigenvalue weighted by atomic mass is 32.2. The third-order valence-electron chi connectivity index (χ3n) is 6.80. The molecule has 0 unspecified atom stereocenters. The minimum absolute atomic E-state index is 0.105. The van der Waals surface area contributed by atoms with Crippen molar-refractivity contribution < 1.29 is 17.9 Å². The lowest BCUT2D eigenvalue weighted by molar-refractivity contribution is -0.117. The van der Waals surface area contributed by atoms with Gasteiger partial charge in [0.05, 0.1) is 24.7 Å². The van der Waals surface area contributed by atoms with E-state index >= 15 is 0 Å². The lowest BCUT2D eigenvalue weighted by atomic mass is 9.89. The van der Waals surface area contributed by atoms with Crippen LogP contribution in [-0.4, -0.2) is 94.0 Å². The number of nitrogens with one attached hydrogen (secondary N) is 1. The van der Waals surface area contributed by atoms with Crippen LogP contribution in [0.2, 0.25) is 0 Å². The van der Waals surface area contributed by atoms with Crippen LogP contribution in [0.25, 0.3) is 0 Å².